The maximum absolute atomic E-state index is 13.6. The van der Waals surface area contributed by atoms with Gasteiger partial charge in [0.1, 0.15) is 5.69 Å². The first-order valence-corrected chi connectivity index (χ1v) is 7.44. The van der Waals surface area contributed by atoms with Gasteiger partial charge < -0.3 is 10.5 Å². The number of primary amides is 1. The molecule has 0 bridgehead atoms. The highest BCUT2D eigenvalue weighted by Gasteiger charge is 2.17. The molecular weight excluding hydrogens is 313 g/mol. The summed E-state index contributed by atoms with van der Waals surface area (Å²) < 4.78 is 44.9. The number of aromatic nitrogens is 1. The molecule has 1 aromatic heterocycles. The van der Waals surface area contributed by atoms with Gasteiger partial charge >= 0.3 is 0 Å². The summed E-state index contributed by atoms with van der Waals surface area (Å²) in [7, 11) is -2.76. The summed E-state index contributed by atoms with van der Waals surface area (Å²) in [6, 6.07) is 5.74. The number of amides is 1. The predicted octanol–water partition coefficient (Wildman–Crippen LogP) is 1.13. The van der Waals surface area contributed by atoms with Crippen LogP contribution in [0.5, 0.6) is 5.75 Å². The van der Waals surface area contributed by atoms with Gasteiger partial charge in [-0.2, -0.15) is 0 Å². The molecule has 7 nitrogen and oxygen atoms in total. The van der Waals surface area contributed by atoms with E-state index in [1.165, 1.54) is 37.6 Å². The van der Waals surface area contributed by atoms with Gasteiger partial charge in [0.2, 0.25) is 0 Å². The molecule has 2 rings (SSSR count). The van der Waals surface area contributed by atoms with Gasteiger partial charge in [-0.15, -0.1) is 0 Å². The molecule has 0 saturated heterocycles. The van der Waals surface area contributed by atoms with Crippen molar-refractivity contribution in [3.8, 4) is 5.75 Å². The predicted molar refractivity (Wildman–Crippen MR) is 76.5 cm³/mol. The fourth-order valence-electron chi connectivity index (χ4n) is 1.66. The number of anilines is 1. The van der Waals surface area contributed by atoms with Crippen LogP contribution in [0.3, 0.4) is 0 Å². The number of ether oxygens (including phenoxy) is 1. The Balaban J connectivity index is 2.33. The van der Waals surface area contributed by atoms with E-state index in [-0.39, 0.29) is 22.0 Å². The van der Waals surface area contributed by atoms with Gasteiger partial charge in [-0.25, -0.2) is 12.8 Å². The number of rotatable bonds is 5. The topological polar surface area (TPSA) is 111 Å². The molecule has 1 amide bonds. The molecule has 0 saturated carbocycles. The minimum atomic E-state index is -4.03. The average molecular weight is 325 g/mol. The molecule has 0 aliphatic carbocycles. The number of pyridine rings is 1. The quantitative estimate of drug-likeness (QED) is 0.856. The number of hydrogen-bond acceptors (Lipinski definition) is 5. The number of benzene rings is 1. The van der Waals surface area contributed by atoms with Gasteiger partial charge in [0, 0.05) is 6.20 Å². The monoisotopic (exact) mass is 325 g/mol. The molecule has 22 heavy (non-hydrogen) atoms. The Labute approximate surface area is 126 Å². The zero-order valence-corrected chi connectivity index (χ0v) is 12.2. The lowest BCUT2D eigenvalue weighted by Crippen LogP contribution is -2.16. The summed E-state index contributed by atoms with van der Waals surface area (Å²) in [5.41, 5.74) is 5.05. The smallest absolute Gasteiger partial charge is 0.267 e. The third-order valence-electron chi connectivity index (χ3n) is 2.70. The third-order valence-corrected chi connectivity index (χ3v) is 4.08. The van der Waals surface area contributed by atoms with Crippen molar-refractivity contribution in [2.24, 2.45) is 5.73 Å². The van der Waals surface area contributed by atoms with Crippen LogP contribution in [-0.2, 0) is 10.0 Å². The first kappa shape index (κ1) is 15.7. The van der Waals surface area contributed by atoms with E-state index in [9.17, 15) is 17.6 Å². The summed E-state index contributed by atoms with van der Waals surface area (Å²) >= 11 is 0. The van der Waals surface area contributed by atoms with Gasteiger partial charge in [-0.05, 0) is 30.3 Å². The van der Waals surface area contributed by atoms with E-state index in [0.717, 1.165) is 6.07 Å². The average Bonchev–Trinajstić information content (AvgIpc) is 2.47. The molecule has 0 aliphatic rings. The van der Waals surface area contributed by atoms with Gasteiger partial charge in [0.15, 0.2) is 11.6 Å². The Morgan fingerprint density at radius 3 is 2.64 bits per heavy atom. The van der Waals surface area contributed by atoms with E-state index in [1.807, 2.05) is 0 Å². The second-order valence-electron chi connectivity index (χ2n) is 4.20. The summed E-state index contributed by atoms with van der Waals surface area (Å²) in [5, 5.41) is 0. The van der Waals surface area contributed by atoms with Crippen LogP contribution in [0.4, 0.5) is 10.1 Å². The number of nitrogens with two attached hydrogens (primary N) is 1. The highest BCUT2D eigenvalue weighted by Crippen LogP contribution is 2.22. The van der Waals surface area contributed by atoms with Crippen LogP contribution in [0.15, 0.2) is 41.4 Å². The van der Waals surface area contributed by atoms with Gasteiger partial charge in [-0.3, -0.25) is 14.5 Å². The number of nitrogens with zero attached hydrogens (tertiary/aromatic N) is 1. The SMILES string of the molecule is COc1ccc(S(=O)(=O)Nc2ccnc(C(N)=O)c2)cc1F. The standard InChI is InChI=1S/C13H12FN3O4S/c1-21-12-3-2-9(7-10(12)14)22(19,20)17-8-4-5-16-11(6-8)13(15)18/h2-7H,1H3,(H2,15,18)(H,16,17). The molecule has 3 N–H and O–H groups in total. The molecule has 1 heterocycles. The van der Waals surface area contributed by atoms with Crippen molar-refractivity contribution < 1.29 is 22.3 Å². The normalized spacial score (nSPS) is 11.0. The van der Waals surface area contributed by atoms with Crippen molar-refractivity contribution in [3.63, 3.8) is 0 Å². The molecule has 0 atom stereocenters. The van der Waals surface area contributed by atoms with Gasteiger partial charge in [-0.1, -0.05) is 0 Å². The van der Waals surface area contributed by atoms with Crippen molar-refractivity contribution in [3.05, 3.63) is 48.0 Å². The molecule has 0 radical (unpaired) electrons. The lowest BCUT2D eigenvalue weighted by atomic mass is 10.3. The largest absolute Gasteiger partial charge is 0.494 e. The molecule has 0 fully saturated rings. The van der Waals surface area contributed by atoms with Crippen LogP contribution in [0, 0.1) is 5.82 Å². The number of carbonyl (C=O) groups is 1. The Morgan fingerprint density at radius 1 is 1.32 bits per heavy atom. The Bertz CT molecular complexity index is 824. The molecule has 116 valence electrons. The van der Waals surface area contributed by atoms with E-state index >= 15 is 0 Å². The van der Waals surface area contributed by atoms with Crippen LogP contribution in [0.2, 0.25) is 0 Å². The van der Waals surface area contributed by atoms with E-state index in [4.69, 9.17) is 10.5 Å². The number of carbonyl (C=O) groups excluding carboxylic acids is 1. The number of sulfonamides is 1. The second-order valence-corrected chi connectivity index (χ2v) is 5.88. The summed E-state index contributed by atoms with van der Waals surface area (Å²) in [6.45, 7) is 0. The molecular formula is C13H12FN3O4S. The van der Waals surface area contributed by atoms with E-state index < -0.39 is 21.7 Å². The minimum absolute atomic E-state index is 0.0705. The molecule has 2 aromatic rings. The van der Waals surface area contributed by atoms with Crippen LogP contribution in [0.1, 0.15) is 10.5 Å². The second kappa shape index (κ2) is 5.98. The van der Waals surface area contributed by atoms with E-state index in [1.54, 1.807) is 0 Å². The number of halogens is 1. The van der Waals surface area contributed by atoms with Gasteiger partial charge in [0.25, 0.3) is 15.9 Å². The van der Waals surface area contributed by atoms with Crippen LogP contribution >= 0.6 is 0 Å². The Kier molecular flexibility index (Phi) is 4.27. The summed E-state index contributed by atoms with van der Waals surface area (Å²) in [5.74, 6) is -1.67. The molecule has 0 unspecified atom stereocenters. The Hall–Kier alpha value is -2.68. The molecule has 9 heteroatoms. The van der Waals surface area contributed by atoms with Crippen molar-refractivity contribution in [2.75, 3.05) is 11.8 Å². The number of nitrogens with one attached hydrogen (secondary N) is 1. The zero-order valence-electron chi connectivity index (χ0n) is 11.4. The Morgan fingerprint density at radius 2 is 2.05 bits per heavy atom. The van der Waals surface area contributed by atoms with Crippen molar-refractivity contribution in [2.45, 2.75) is 4.90 Å². The molecule has 0 aliphatic heterocycles. The number of hydrogen-bond donors (Lipinski definition) is 2. The van der Waals surface area contributed by atoms with Crippen LogP contribution < -0.4 is 15.2 Å². The summed E-state index contributed by atoms with van der Waals surface area (Å²) in [4.78, 5) is 14.4. The highest BCUT2D eigenvalue weighted by molar-refractivity contribution is 7.92. The minimum Gasteiger partial charge on any atom is -0.494 e. The lowest BCUT2D eigenvalue weighted by Gasteiger charge is -2.09. The van der Waals surface area contributed by atoms with Crippen molar-refractivity contribution in [1.29, 1.82) is 0 Å². The maximum Gasteiger partial charge on any atom is 0.267 e. The lowest BCUT2D eigenvalue weighted by molar-refractivity contribution is 0.0995. The zero-order chi connectivity index (χ0) is 16.3. The maximum atomic E-state index is 13.6. The third kappa shape index (κ3) is 3.31. The highest BCUT2D eigenvalue weighted by atomic mass is 32.2. The molecule has 0 spiro atoms. The fraction of sp³-hybridized carbons (Fsp3) is 0.0769. The fourth-order valence-corrected chi connectivity index (χ4v) is 2.72. The molecule has 1 aromatic carbocycles. The number of methoxy groups -OCH3 is 1. The first-order chi connectivity index (χ1) is 10.3. The van der Waals surface area contributed by atoms with Gasteiger partial charge in [0.05, 0.1) is 17.7 Å². The van der Waals surface area contributed by atoms with Crippen molar-refractivity contribution in [1.82, 2.24) is 4.98 Å². The van der Waals surface area contributed by atoms with Crippen LogP contribution in [-0.4, -0.2) is 26.4 Å². The first-order valence-electron chi connectivity index (χ1n) is 5.95. The van der Waals surface area contributed by atoms with Crippen molar-refractivity contribution >= 4 is 21.6 Å². The van der Waals surface area contributed by atoms with Crippen LogP contribution in [0.25, 0.3) is 0 Å². The van der Waals surface area contributed by atoms with E-state index in [0.29, 0.717) is 0 Å². The summed E-state index contributed by atoms with van der Waals surface area (Å²) in [6.07, 6.45) is 1.23. The van der Waals surface area contributed by atoms with E-state index in [2.05, 4.69) is 9.71 Å².